The van der Waals surface area contributed by atoms with E-state index in [0.717, 1.165) is 5.52 Å². The molecule has 1 aromatic carbocycles. The maximum absolute atomic E-state index is 11.8. The Balaban J connectivity index is 2.10. The van der Waals surface area contributed by atoms with Gasteiger partial charge in [-0.25, -0.2) is 0 Å². The minimum Gasteiger partial charge on any atom is -0.393 e. The molecule has 1 amide bonds. The van der Waals surface area contributed by atoms with E-state index < -0.39 is 0 Å². The van der Waals surface area contributed by atoms with Crippen LogP contribution in [-0.2, 0) is 0 Å². The van der Waals surface area contributed by atoms with Crippen LogP contribution >= 0.6 is 12.2 Å². The van der Waals surface area contributed by atoms with Crippen molar-refractivity contribution in [3.63, 3.8) is 0 Å². The highest BCUT2D eigenvalue weighted by atomic mass is 32.1. The normalized spacial score (nSPS) is 10.2. The minimum absolute atomic E-state index is 0.168. The summed E-state index contributed by atoms with van der Waals surface area (Å²) in [5.41, 5.74) is 7.36. The Kier molecular flexibility index (Phi) is 3.78. The second kappa shape index (κ2) is 5.50. The zero-order valence-corrected chi connectivity index (χ0v) is 10.4. The number of thiocarbonyl (C=S) groups is 1. The van der Waals surface area contributed by atoms with Gasteiger partial charge in [0.25, 0.3) is 5.91 Å². The first-order valence-corrected chi connectivity index (χ1v) is 5.85. The molecule has 1 heterocycles. The fourth-order valence-electron chi connectivity index (χ4n) is 1.51. The fraction of sp³-hybridized carbons (Fsp3) is 0.167. The Morgan fingerprint density at radius 2 is 2.00 bits per heavy atom. The maximum Gasteiger partial charge on any atom is 0.251 e. The van der Waals surface area contributed by atoms with Gasteiger partial charge in [0.2, 0.25) is 0 Å². The third-order valence-electron chi connectivity index (χ3n) is 2.39. The van der Waals surface area contributed by atoms with E-state index in [-0.39, 0.29) is 5.91 Å². The van der Waals surface area contributed by atoms with Crippen LogP contribution in [0.1, 0.15) is 16.8 Å². The van der Waals surface area contributed by atoms with E-state index in [1.165, 1.54) is 0 Å². The monoisotopic (exact) mass is 260 g/mol. The number of nitrogens with one attached hydrogen (secondary N) is 1. The average molecular weight is 260 g/mol. The van der Waals surface area contributed by atoms with Gasteiger partial charge in [-0.1, -0.05) is 12.2 Å². The van der Waals surface area contributed by atoms with Gasteiger partial charge in [-0.3, -0.25) is 14.8 Å². The first kappa shape index (κ1) is 12.4. The van der Waals surface area contributed by atoms with Crippen LogP contribution in [0.25, 0.3) is 11.0 Å². The zero-order chi connectivity index (χ0) is 13.0. The van der Waals surface area contributed by atoms with Gasteiger partial charge < -0.3 is 11.1 Å². The van der Waals surface area contributed by atoms with Crippen molar-refractivity contribution in [1.29, 1.82) is 0 Å². The van der Waals surface area contributed by atoms with Crippen LogP contribution in [0.3, 0.4) is 0 Å². The summed E-state index contributed by atoms with van der Waals surface area (Å²) in [6.07, 6.45) is 3.70. The third-order valence-corrected chi connectivity index (χ3v) is 2.59. The van der Waals surface area contributed by atoms with Gasteiger partial charge in [-0.05, 0) is 18.2 Å². The first-order chi connectivity index (χ1) is 8.66. The lowest BCUT2D eigenvalue weighted by molar-refractivity contribution is 0.0955. The lowest BCUT2D eigenvalue weighted by atomic mass is 10.2. The molecule has 0 atom stereocenters. The summed E-state index contributed by atoms with van der Waals surface area (Å²) in [6.45, 7) is 0.437. The van der Waals surface area contributed by atoms with Crippen LogP contribution in [0.2, 0.25) is 0 Å². The zero-order valence-electron chi connectivity index (χ0n) is 9.59. The van der Waals surface area contributed by atoms with E-state index >= 15 is 0 Å². The van der Waals surface area contributed by atoms with Gasteiger partial charge in [-0.2, -0.15) is 0 Å². The largest absolute Gasteiger partial charge is 0.393 e. The molecule has 0 bridgehead atoms. The molecule has 6 heteroatoms. The molecule has 0 spiro atoms. The molecule has 0 aliphatic rings. The molecule has 0 saturated heterocycles. The molecule has 3 N–H and O–H groups in total. The van der Waals surface area contributed by atoms with Crippen LogP contribution in [0.15, 0.2) is 30.6 Å². The highest BCUT2D eigenvalue weighted by molar-refractivity contribution is 7.80. The van der Waals surface area contributed by atoms with Crippen LogP contribution < -0.4 is 11.1 Å². The predicted molar refractivity (Wildman–Crippen MR) is 73.3 cm³/mol. The molecule has 0 aliphatic heterocycles. The molecular weight excluding hydrogens is 248 g/mol. The number of nitrogens with zero attached hydrogens (tertiary/aromatic N) is 2. The Labute approximate surface area is 109 Å². The first-order valence-electron chi connectivity index (χ1n) is 5.44. The van der Waals surface area contributed by atoms with Crippen molar-refractivity contribution in [2.45, 2.75) is 6.42 Å². The summed E-state index contributed by atoms with van der Waals surface area (Å²) in [5, 5.41) is 2.74. The Morgan fingerprint density at radius 1 is 1.28 bits per heavy atom. The Morgan fingerprint density at radius 3 is 2.72 bits per heavy atom. The number of fused-ring (bicyclic) bond motifs is 1. The standard InChI is InChI=1S/C12H12N4OS/c13-11(18)3-4-16-12(17)8-1-2-9-10(7-8)15-6-5-14-9/h1-2,5-7H,3-4H2,(H2,13,18)(H,16,17). The molecule has 0 fully saturated rings. The van der Waals surface area contributed by atoms with Gasteiger partial charge in [-0.15, -0.1) is 0 Å². The lowest BCUT2D eigenvalue weighted by Crippen LogP contribution is -2.27. The molecule has 2 aromatic rings. The lowest BCUT2D eigenvalue weighted by Gasteiger charge is -2.05. The average Bonchev–Trinajstić information content (AvgIpc) is 2.37. The van der Waals surface area contributed by atoms with Crippen molar-refractivity contribution in [3.8, 4) is 0 Å². The van der Waals surface area contributed by atoms with Crippen LogP contribution in [0.5, 0.6) is 0 Å². The number of hydrogen-bond donors (Lipinski definition) is 2. The molecule has 0 aliphatic carbocycles. The van der Waals surface area contributed by atoms with Gasteiger partial charge >= 0.3 is 0 Å². The molecule has 18 heavy (non-hydrogen) atoms. The van der Waals surface area contributed by atoms with Crippen molar-refractivity contribution in [2.24, 2.45) is 5.73 Å². The number of carbonyl (C=O) groups is 1. The number of hydrogen-bond acceptors (Lipinski definition) is 4. The number of aromatic nitrogens is 2. The van der Waals surface area contributed by atoms with Crippen LogP contribution in [-0.4, -0.2) is 27.4 Å². The highest BCUT2D eigenvalue weighted by Gasteiger charge is 2.06. The summed E-state index contributed by atoms with van der Waals surface area (Å²) < 4.78 is 0. The SMILES string of the molecule is NC(=S)CCNC(=O)c1ccc2nccnc2c1. The number of carbonyl (C=O) groups excluding carboxylic acids is 1. The molecule has 92 valence electrons. The molecule has 5 nitrogen and oxygen atoms in total. The Hall–Kier alpha value is -2.08. The minimum atomic E-state index is -0.168. The maximum atomic E-state index is 11.8. The summed E-state index contributed by atoms with van der Waals surface area (Å²) in [5.74, 6) is -0.168. The number of nitrogens with two attached hydrogens (primary N) is 1. The number of amides is 1. The Bertz CT molecular complexity index is 599. The van der Waals surface area contributed by atoms with Crippen LogP contribution in [0.4, 0.5) is 0 Å². The van der Waals surface area contributed by atoms with Crippen molar-refractivity contribution in [3.05, 3.63) is 36.2 Å². The second-order valence-electron chi connectivity index (χ2n) is 3.73. The molecule has 0 saturated carbocycles. The van der Waals surface area contributed by atoms with Crippen molar-refractivity contribution >= 4 is 34.1 Å². The van der Waals surface area contributed by atoms with E-state index in [2.05, 4.69) is 15.3 Å². The summed E-state index contributed by atoms with van der Waals surface area (Å²) in [6, 6.07) is 5.19. The molecular formula is C12H12N4OS. The summed E-state index contributed by atoms with van der Waals surface area (Å²) >= 11 is 4.74. The van der Waals surface area contributed by atoms with Gasteiger partial charge in [0.1, 0.15) is 0 Å². The second-order valence-corrected chi connectivity index (χ2v) is 4.26. The quantitative estimate of drug-likeness (QED) is 0.803. The van der Waals surface area contributed by atoms with Crippen LogP contribution in [0, 0.1) is 0 Å². The molecule has 1 aromatic heterocycles. The molecule has 2 rings (SSSR count). The van der Waals surface area contributed by atoms with Crippen molar-refractivity contribution < 1.29 is 4.79 Å². The van der Waals surface area contributed by atoms with Gasteiger partial charge in [0.15, 0.2) is 0 Å². The number of benzene rings is 1. The topological polar surface area (TPSA) is 80.9 Å². The molecule has 0 unspecified atom stereocenters. The van der Waals surface area contributed by atoms with Gasteiger partial charge in [0, 0.05) is 30.9 Å². The third kappa shape index (κ3) is 2.98. The van der Waals surface area contributed by atoms with E-state index in [1.807, 2.05) is 0 Å². The highest BCUT2D eigenvalue weighted by Crippen LogP contribution is 2.10. The van der Waals surface area contributed by atoms with E-state index in [9.17, 15) is 4.79 Å². The van der Waals surface area contributed by atoms with E-state index in [0.29, 0.717) is 29.0 Å². The molecule has 0 radical (unpaired) electrons. The smallest absolute Gasteiger partial charge is 0.251 e. The van der Waals surface area contributed by atoms with Crippen molar-refractivity contribution in [2.75, 3.05) is 6.54 Å². The summed E-state index contributed by atoms with van der Waals surface area (Å²) in [4.78, 5) is 20.5. The van der Waals surface area contributed by atoms with Gasteiger partial charge in [0.05, 0.1) is 16.0 Å². The van der Waals surface area contributed by atoms with E-state index in [4.69, 9.17) is 18.0 Å². The number of rotatable bonds is 4. The summed E-state index contributed by atoms with van der Waals surface area (Å²) in [7, 11) is 0. The van der Waals surface area contributed by atoms with Crippen molar-refractivity contribution in [1.82, 2.24) is 15.3 Å². The predicted octanol–water partition coefficient (Wildman–Crippen LogP) is 1.04. The fourth-order valence-corrected chi connectivity index (χ4v) is 1.61. The van der Waals surface area contributed by atoms with E-state index in [1.54, 1.807) is 30.6 Å².